The van der Waals surface area contributed by atoms with Crippen LogP contribution in [-0.4, -0.2) is 54.9 Å². The topological polar surface area (TPSA) is 100 Å². The van der Waals surface area contributed by atoms with Gasteiger partial charge in [-0.05, 0) is 52.9 Å². The number of hydrogen-bond donors (Lipinski definition) is 2. The number of fused-ring (bicyclic) bond motifs is 1. The molecule has 12 heteroatoms. The van der Waals surface area contributed by atoms with Crippen molar-refractivity contribution in [2.45, 2.75) is 19.6 Å². The third kappa shape index (κ3) is 8.58. The van der Waals surface area contributed by atoms with Gasteiger partial charge in [0.2, 0.25) is 5.91 Å². The van der Waals surface area contributed by atoms with Crippen LogP contribution in [-0.2, 0) is 27.8 Å². The van der Waals surface area contributed by atoms with Gasteiger partial charge >= 0.3 is 0 Å². The molecular weight excluding hydrogens is 623 g/mol. The molecule has 1 amide bonds. The summed E-state index contributed by atoms with van der Waals surface area (Å²) in [6, 6.07) is 21.6. The second-order valence-electron chi connectivity index (χ2n) is 10.3. The molecule has 1 unspecified atom stereocenters. The fraction of sp³-hybridized carbons (Fsp3) is 0.219. The van der Waals surface area contributed by atoms with E-state index in [9.17, 15) is 17.6 Å². The maximum atomic E-state index is 13.5. The van der Waals surface area contributed by atoms with Crippen LogP contribution in [0.3, 0.4) is 0 Å². The minimum atomic E-state index is -3.15. The lowest BCUT2D eigenvalue weighted by Gasteiger charge is -2.28. The van der Waals surface area contributed by atoms with Crippen molar-refractivity contribution in [1.82, 2.24) is 10.2 Å². The summed E-state index contributed by atoms with van der Waals surface area (Å²) >= 11 is 6.53. The third-order valence-electron chi connectivity index (χ3n) is 6.74. The van der Waals surface area contributed by atoms with Crippen molar-refractivity contribution in [3.05, 3.63) is 118 Å². The largest absolute Gasteiger partial charge is 0.487 e. The van der Waals surface area contributed by atoms with E-state index in [4.69, 9.17) is 21.3 Å². The number of sulfone groups is 1. The van der Waals surface area contributed by atoms with Crippen molar-refractivity contribution in [2.24, 2.45) is 4.99 Å². The van der Waals surface area contributed by atoms with Gasteiger partial charge < -0.3 is 20.3 Å². The molecule has 2 aliphatic heterocycles. The zero-order valence-corrected chi connectivity index (χ0v) is 26.4. The number of nitrogens with one attached hydrogen (secondary N) is 2. The maximum absolute atomic E-state index is 13.5. The number of hydrogen-bond acceptors (Lipinski definition) is 7. The summed E-state index contributed by atoms with van der Waals surface area (Å²) < 4.78 is 42.1. The van der Waals surface area contributed by atoms with Crippen LogP contribution in [0.1, 0.15) is 17.5 Å². The van der Waals surface area contributed by atoms with Crippen molar-refractivity contribution in [3.63, 3.8) is 0 Å². The van der Waals surface area contributed by atoms with Crippen molar-refractivity contribution < 1.29 is 22.3 Å². The summed E-state index contributed by atoms with van der Waals surface area (Å²) in [5, 5.41) is 8.58. The molecule has 44 heavy (non-hydrogen) atoms. The quantitative estimate of drug-likeness (QED) is 0.229. The number of anilines is 1. The molecule has 0 saturated heterocycles. The predicted molar refractivity (Wildman–Crippen MR) is 177 cm³/mol. The summed E-state index contributed by atoms with van der Waals surface area (Å²) in [4.78, 5) is 20.4. The Morgan fingerprint density at radius 3 is 2.61 bits per heavy atom. The van der Waals surface area contributed by atoms with Gasteiger partial charge in [0.15, 0.2) is 0 Å². The Morgan fingerprint density at radius 2 is 1.86 bits per heavy atom. The molecule has 0 aromatic heterocycles. The van der Waals surface area contributed by atoms with Crippen LogP contribution >= 0.6 is 22.1 Å². The van der Waals surface area contributed by atoms with Gasteiger partial charge in [0.25, 0.3) is 0 Å². The molecule has 0 radical (unpaired) electrons. The van der Waals surface area contributed by atoms with Crippen LogP contribution in [0.5, 0.6) is 5.75 Å². The van der Waals surface area contributed by atoms with E-state index in [-0.39, 0.29) is 47.5 Å². The first kappa shape index (κ1) is 31.5. The standard InChI is InChI=1S/C32H32ClFN4O4S2/c1-44(40,41)17-14-35-30(39)13-16-43-15-12-27-31(36-22-38(32(27)43)20-23-6-3-2-4-7-23)37-26-10-11-29(28(33)19-26)42-21-24-8-5-9-25(34)18-24/h2-12,15,18-19,22,37H,13-14,16-17,20-21H2,1H3,(H,35,39). The average molecular weight is 655 g/mol. The molecule has 2 aliphatic rings. The van der Waals surface area contributed by atoms with E-state index in [1.165, 1.54) is 12.1 Å². The lowest BCUT2D eigenvalue weighted by atomic mass is 10.1. The van der Waals surface area contributed by atoms with Crippen LogP contribution in [0.2, 0.25) is 5.02 Å². The first-order valence-corrected chi connectivity index (χ1v) is 17.8. The fourth-order valence-electron chi connectivity index (χ4n) is 4.61. The minimum absolute atomic E-state index is 0.0882. The molecule has 3 aromatic carbocycles. The van der Waals surface area contributed by atoms with Gasteiger partial charge in [-0.3, -0.25) is 4.79 Å². The summed E-state index contributed by atoms with van der Waals surface area (Å²) in [7, 11) is -3.53. The van der Waals surface area contributed by atoms with E-state index in [2.05, 4.69) is 33.1 Å². The molecule has 0 saturated carbocycles. The van der Waals surface area contributed by atoms with E-state index in [1.807, 2.05) is 30.3 Å². The van der Waals surface area contributed by atoms with Gasteiger partial charge in [-0.1, -0.05) is 54.1 Å². The smallest absolute Gasteiger partial charge is 0.220 e. The third-order valence-corrected chi connectivity index (χ3v) is 10.0. The van der Waals surface area contributed by atoms with Gasteiger partial charge in [-0.25, -0.2) is 17.8 Å². The Morgan fingerprint density at radius 1 is 1.07 bits per heavy atom. The van der Waals surface area contributed by atoms with E-state index >= 15 is 0 Å². The molecule has 8 nitrogen and oxygen atoms in total. The molecule has 230 valence electrons. The monoisotopic (exact) mass is 654 g/mol. The summed E-state index contributed by atoms with van der Waals surface area (Å²) in [6.45, 7) is 0.898. The number of carbonyl (C=O) groups excluding carboxylic acids is 1. The zero-order valence-electron chi connectivity index (χ0n) is 24.0. The normalized spacial score (nSPS) is 15.8. The van der Waals surface area contributed by atoms with Crippen LogP contribution in [0.25, 0.3) is 0 Å². The second kappa shape index (κ2) is 14.2. The number of aliphatic imine (C=N–C) groups is 1. The predicted octanol–water partition coefficient (Wildman–Crippen LogP) is 5.70. The van der Waals surface area contributed by atoms with Crippen LogP contribution in [0, 0.1) is 5.82 Å². The lowest BCUT2D eigenvalue weighted by Crippen LogP contribution is -2.34. The van der Waals surface area contributed by atoms with Crippen LogP contribution < -0.4 is 15.4 Å². The maximum Gasteiger partial charge on any atom is 0.220 e. The number of benzene rings is 3. The molecule has 1 atom stereocenters. The van der Waals surface area contributed by atoms with Crippen molar-refractivity contribution in [1.29, 1.82) is 0 Å². The number of ether oxygens (including phenoxy) is 1. The van der Waals surface area contributed by atoms with Gasteiger partial charge in [-0.15, -0.1) is 10.5 Å². The Hall–Kier alpha value is -3.93. The molecule has 0 spiro atoms. The SMILES string of the molecule is CS(=O)(=O)CCNC(=O)CCS1=C2C(=C(Nc3ccc(OCc4cccc(F)c4)c(Cl)c3)N=CN2Cc2ccccc2)C=C1. The van der Waals surface area contributed by atoms with Crippen molar-refractivity contribution >= 4 is 54.8 Å². The zero-order chi connectivity index (χ0) is 31.1. The molecule has 0 bridgehead atoms. The van der Waals surface area contributed by atoms with Crippen molar-refractivity contribution in [3.8, 4) is 5.75 Å². The number of amides is 1. The molecule has 0 aliphatic carbocycles. The minimum Gasteiger partial charge on any atom is -0.487 e. The molecule has 3 aromatic rings. The van der Waals surface area contributed by atoms with Gasteiger partial charge in [-0.2, -0.15) is 0 Å². The second-order valence-corrected chi connectivity index (χ2v) is 14.9. The number of nitrogens with zero attached hydrogens (tertiary/aromatic N) is 2. The highest BCUT2D eigenvalue weighted by Gasteiger charge is 2.27. The Balaban J connectivity index is 1.32. The van der Waals surface area contributed by atoms with Gasteiger partial charge in [0.1, 0.15) is 33.8 Å². The van der Waals surface area contributed by atoms with Gasteiger partial charge in [0, 0.05) is 42.8 Å². The average Bonchev–Trinajstić information content (AvgIpc) is 3.42. The number of carbonyl (C=O) groups is 1. The van der Waals surface area contributed by atoms with E-state index in [0.29, 0.717) is 40.1 Å². The van der Waals surface area contributed by atoms with Crippen LogP contribution in [0.4, 0.5) is 10.1 Å². The number of rotatable bonds is 13. The first-order chi connectivity index (χ1) is 21.1. The van der Waals surface area contributed by atoms with E-state index < -0.39 is 9.84 Å². The van der Waals surface area contributed by atoms with Gasteiger partial charge in [0.05, 0.1) is 22.1 Å². The summed E-state index contributed by atoms with van der Waals surface area (Å²) in [5.74, 6) is 1.11. The highest BCUT2D eigenvalue weighted by Crippen LogP contribution is 2.36. The number of halogens is 2. The lowest BCUT2D eigenvalue weighted by molar-refractivity contribution is -0.120. The van der Waals surface area contributed by atoms with Crippen LogP contribution in [0.15, 0.2) is 101 Å². The summed E-state index contributed by atoms with van der Waals surface area (Å²) in [6.07, 6.45) is 5.23. The first-order valence-electron chi connectivity index (χ1n) is 13.9. The molecule has 0 fully saturated rings. The molecule has 2 N–H and O–H groups in total. The Bertz CT molecular complexity index is 1780. The van der Waals surface area contributed by atoms with E-state index in [1.54, 1.807) is 30.6 Å². The Kier molecular flexibility index (Phi) is 10.2. The molecular formula is C32H32ClFN4O4S2. The molecule has 5 rings (SSSR count). The van der Waals surface area contributed by atoms with E-state index in [0.717, 1.165) is 22.4 Å². The highest BCUT2D eigenvalue weighted by molar-refractivity contribution is 8.19. The highest BCUT2D eigenvalue weighted by atomic mass is 35.5. The molecule has 2 heterocycles. The Labute approximate surface area is 264 Å². The van der Waals surface area contributed by atoms with Crippen molar-refractivity contribution in [2.75, 3.05) is 29.6 Å². The fourth-order valence-corrected chi connectivity index (χ4v) is 7.34. The summed E-state index contributed by atoms with van der Waals surface area (Å²) in [5.41, 5.74) is 3.46.